The van der Waals surface area contributed by atoms with E-state index in [0.717, 1.165) is 64.0 Å². The van der Waals surface area contributed by atoms with Crippen molar-refractivity contribution >= 4 is 11.9 Å². The van der Waals surface area contributed by atoms with Crippen LogP contribution in [0.25, 0.3) is 0 Å². The van der Waals surface area contributed by atoms with Gasteiger partial charge in [-0.2, -0.15) is 0 Å². The highest BCUT2D eigenvalue weighted by atomic mass is 15.5. The Balaban J connectivity index is 1.52. The molecule has 1 aromatic carbocycles. The van der Waals surface area contributed by atoms with Gasteiger partial charge in [0, 0.05) is 38.3 Å². The number of hydrogen-bond donors (Lipinski definition) is 2. The van der Waals surface area contributed by atoms with E-state index in [0.29, 0.717) is 35.9 Å². The van der Waals surface area contributed by atoms with E-state index in [9.17, 15) is 5.41 Å². The van der Waals surface area contributed by atoms with E-state index in [1.807, 2.05) is 0 Å². The van der Waals surface area contributed by atoms with Crippen molar-refractivity contribution in [1.82, 2.24) is 19.6 Å². The molecule has 0 amide bonds. The van der Waals surface area contributed by atoms with Crippen LogP contribution in [0.2, 0.25) is 0 Å². The van der Waals surface area contributed by atoms with Crippen molar-refractivity contribution in [3.05, 3.63) is 35.9 Å². The smallest absolute Gasteiger partial charge is 0.194 e. The van der Waals surface area contributed by atoms with Crippen molar-refractivity contribution in [3.8, 4) is 0 Å². The predicted molar refractivity (Wildman–Crippen MR) is 164 cm³/mol. The highest BCUT2D eigenvalue weighted by Gasteiger charge is 2.41. The molecule has 2 saturated heterocycles. The standard InChI is InChI=1S/C32H55N7/c1-23(2)12-10-17-37-30(25(5)6)22-38(32(37)34)28(18-26-13-8-7-9-14-26)20-36-16-11-15-27(36)21-39-29(24(3)4)19-35-31(39)33/h7-9,13-14,23-25,27-30,34H,10-12,15-22H2,1-6H3,(H2,33,35)/t27-,28+,29-,30-/m0/s1. The number of benzene rings is 1. The Bertz CT molecular complexity index is 943. The lowest BCUT2D eigenvalue weighted by Gasteiger charge is -2.38. The van der Waals surface area contributed by atoms with Crippen molar-refractivity contribution in [3.63, 3.8) is 0 Å². The van der Waals surface area contributed by atoms with Gasteiger partial charge in [0.1, 0.15) is 0 Å². The van der Waals surface area contributed by atoms with Gasteiger partial charge in [0.15, 0.2) is 11.9 Å². The molecule has 0 saturated carbocycles. The fourth-order valence-corrected chi connectivity index (χ4v) is 6.89. The quantitative estimate of drug-likeness (QED) is 0.381. The van der Waals surface area contributed by atoms with Crippen molar-refractivity contribution in [2.24, 2.45) is 28.5 Å². The van der Waals surface area contributed by atoms with Crippen LogP contribution in [-0.4, -0.2) is 95.0 Å². The van der Waals surface area contributed by atoms with Gasteiger partial charge in [0.2, 0.25) is 0 Å². The summed E-state index contributed by atoms with van der Waals surface area (Å²) >= 11 is 0. The Morgan fingerprint density at radius 2 is 1.72 bits per heavy atom. The third kappa shape index (κ3) is 7.27. The van der Waals surface area contributed by atoms with Crippen molar-refractivity contribution in [2.45, 2.75) is 97.8 Å². The molecule has 39 heavy (non-hydrogen) atoms. The first-order valence-corrected chi connectivity index (χ1v) is 15.6. The van der Waals surface area contributed by atoms with Crippen LogP contribution in [0.5, 0.6) is 0 Å². The van der Waals surface area contributed by atoms with Gasteiger partial charge in [-0.3, -0.25) is 15.3 Å². The number of likely N-dealkylation sites (tertiary alicyclic amines) is 1. The van der Waals surface area contributed by atoms with E-state index in [1.54, 1.807) is 0 Å². The maximum absolute atomic E-state index is 9.37. The Kier molecular flexibility index (Phi) is 10.2. The van der Waals surface area contributed by atoms with E-state index in [4.69, 9.17) is 5.73 Å². The van der Waals surface area contributed by atoms with Crippen molar-refractivity contribution in [1.29, 1.82) is 5.41 Å². The predicted octanol–water partition coefficient (Wildman–Crippen LogP) is 4.73. The molecule has 3 aliphatic rings. The normalized spacial score (nSPS) is 25.2. The van der Waals surface area contributed by atoms with Gasteiger partial charge in [0.25, 0.3) is 0 Å². The summed E-state index contributed by atoms with van der Waals surface area (Å²) in [7, 11) is 0. The monoisotopic (exact) mass is 537 g/mol. The van der Waals surface area contributed by atoms with Gasteiger partial charge in [0.05, 0.1) is 18.6 Å². The lowest BCUT2D eigenvalue weighted by atomic mass is 10.0. The second-order valence-electron chi connectivity index (χ2n) is 13.3. The SMILES string of the molecule is CC(C)CCCN1C(=N)N([C@H](Cc2ccccc2)CN2CCC[C@H]2CN2C(N)=NC[C@H]2C(C)C)C[C@H]1C(C)C. The molecule has 3 heterocycles. The number of nitrogens with zero attached hydrogens (tertiary/aromatic N) is 5. The molecule has 0 spiro atoms. The van der Waals surface area contributed by atoms with Crippen LogP contribution in [-0.2, 0) is 6.42 Å². The van der Waals surface area contributed by atoms with Gasteiger partial charge in [-0.1, -0.05) is 71.9 Å². The van der Waals surface area contributed by atoms with E-state index >= 15 is 0 Å². The average Bonchev–Trinajstić information content (AvgIpc) is 3.58. The fraction of sp³-hybridized carbons (Fsp3) is 0.750. The molecular weight excluding hydrogens is 482 g/mol. The Morgan fingerprint density at radius 3 is 2.38 bits per heavy atom. The number of aliphatic imine (C=N–C) groups is 1. The van der Waals surface area contributed by atoms with Crippen LogP contribution in [0.15, 0.2) is 35.3 Å². The van der Waals surface area contributed by atoms with Crippen LogP contribution < -0.4 is 5.73 Å². The van der Waals surface area contributed by atoms with E-state index in [1.165, 1.54) is 24.8 Å². The summed E-state index contributed by atoms with van der Waals surface area (Å²) in [5.74, 6) is 3.23. The maximum atomic E-state index is 9.37. The van der Waals surface area contributed by atoms with Crippen LogP contribution in [0.3, 0.4) is 0 Å². The largest absolute Gasteiger partial charge is 0.370 e. The fourth-order valence-electron chi connectivity index (χ4n) is 6.89. The summed E-state index contributed by atoms with van der Waals surface area (Å²) in [6.07, 6.45) is 5.79. The van der Waals surface area contributed by atoms with Crippen LogP contribution in [0.1, 0.15) is 72.8 Å². The van der Waals surface area contributed by atoms with Gasteiger partial charge in [-0.25, -0.2) is 0 Å². The zero-order valence-electron chi connectivity index (χ0n) is 25.5. The van der Waals surface area contributed by atoms with Crippen molar-refractivity contribution < 1.29 is 0 Å². The highest BCUT2D eigenvalue weighted by Crippen LogP contribution is 2.29. The average molecular weight is 538 g/mol. The molecular formula is C32H55N7. The summed E-state index contributed by atoms with van der Waals surface area (Å²) in [6.45, 7) is 19.7. The van der Waals surface area contributed by atoms with Gasteiger partial charge in [-0.15, -0.1) is 0 Å². The first-order valence-electron chi connectivity index (χ1n) is 15.6. The summed E-state index contributed by atoms with van der Waals surface area (Å²) in [5, 5.41) is 9.37. The maximum Gasteiger partial charge on any atom is 0.194 e. The number of hydrogen-bond acceptors (Lipinski definition) is 5. The minimum atomic E-state index is 0.280. The molecule has 218 valence electrons. The molecule has 0 aliphatic carbocycles. The highest BCUT2D eigenvalue weighted by molar-refractivity contribution is 5.80. The molecule has 0 unspecified atom stereocenters. The first-order chi connectivity index (χ1) is 18.7. The van der Waals surface area contributed by atoms with Crippen LogP contribution in [0, 0.1) is 23.2 Å². The molecule has 2 fully saturated rings. The van der Waals surface area contributed by atoms with Gasteiger partial charge >= 0.3 is 0 Å². The van der Waals surface area contributed by atoms with Crippen LogP contribution >= 0.6 is 0 Å². The number of nitrogens with one attached hydrogen (secondary N) is 1. The van der Waals surface area contributed by atoms with E-state index < -0.39 is 0 Å². The Labute approximate surface area is 238 Å². The summed E-state index contributed by atoms with van der Waals surface area (Å²) in [6, 6.07) is 12.5. The summed E-state index contributed by atoms with van der Waals surface area (Å²) in [4.78, 5) is 14.6. The number of guanidine groups is 2. The molecule has 0 aromatic heterocycles. The second kappa shape index (κ2) is 13.4. The third-order valence-electron chi connectivity index (χ3n) is 9.29. The zero-order chi connectivity index (χ0) is 28.1. The summed E-state index contributed by atoms with van der Waals surface area (Å²) < 4.78 is 0. The molecule has 3 aliphatic heterocycles. The topological polar surface area (TPSA) is 75.2 Å². The Hall–Kier alpha value is -2.28. The minimum Gasteiger partial charge on any atom is -0.370 e. The molecule has 1 aromatic rings. The van der Waals surface area contributed by atoms with E-state index in [-0.39, 0.29) is 6.04 Å². The molecule has 4 rings (SSSR count). The Morgan fingerprint density at radius 1 is 1.00 bits per heavy atom. The first kappa shape index (κ1) is 29.7. The molecule has 3 N–H and O–H groups in total. The molecule has 0 radical (unpaired) electrons. The summed E-state index contributed by atoms with van der Waals surface area (Å²) in [5.41, 5.74) is 7.75. The van der Waals surface area contributed by atoms with Crippen molar-refractivity contribution in [2.75, 3.05) is 39.3 Å². The number of rotatable bonds is 13. The third-order valence-corrected chi connectivity index (χ3v) is 9.29. The minimum absolute atomic E-state index is 0.280. The van der Waals surface area contributed by atoms with Crippen LogP contribution in [0.4, 0.5) is 0 Å². The number of nitrogens with two attached hydrogens (primary N) is 1. The lowest BCUT2D eigenvalue weighted by Crippen LogP contribution is -2.53. The van der Waals surface area contributed by atoms with Gasteiger partial charge < -0.3 is 20.4 Å². The molecule has 7 nitrogen and oxygen atoms in total. The molecule has 7 heteroatoms. The zero-order valence-corrected chi connectivity index (χ0v) is 25.5. The second-order valence-corrected chi connectivity index (χ2v) is 13.3. The van der Waals surface area contributed by atoms with Gasteiger partial charge in [-0.05, 0) is 62.0 Å². The lowest BCUT2D eigenvalue weighted by molar-refractivity contribution is 0.148. The molecule has 4 atom stereocenters. The van der Waals surface area contributed by atoms with E-state index in [2.05, 4.69) is 96.5 Å². The molecule has 0 bridgehead atoms.